The fourth-order valence-electron chi connectivity index (χ4n) is 0.445. The molecule has 0 saturated heterocycles. The molecule has 0 aliphatic carbocycles. The van der Waals surface area contributed by atoms with Crippen LogP contribution in [0.25, 0.3) is 0 Å². The highest BCUT2D eigenvalue weighted by Crippen LogP contribution is 2.00. The molecule has 0 aromatic carbocycles. The Labute approximate surface area is 50.4 Å². The van der Waals surface area contributed by atoms with E-state index in [-0.39, 0.29) is 5.76 Å². The maximum Gasteiger partial charge on any atom is 0.351 e. The van der Waals surface area contributed by atoms with Gasteiger partial charge in [-0.1, -0.05) is 0 Å². The molecule has 0 N–H and O–H groups in total. The van der Waals surface area contributed by atoms with E-state index in [9.17, 15) is 9.70 Å². The molecule has 0 radical (unpaired) electrons. The van der Waals surface area contributed by atoms with Crippen LogP contribution in [0, 0.1) is 4.91 Å². The molecule has 0 unspecified atom stereocenters. The average molecular weight is 125 g/mol. The number of amides is 1. The van der Waals surface area contributed by atoms with Gasteiger partial charge in [0.05, 0.1) is 6.26 Å². The lowest BCUT2D eigenvalue weighted by atomic mass is 10.4. The van der Waals surface area contributed by atoms with E-state index in [0.717, 1.165) is 0 Å². The largest absolute Gasteiger partial charge is 0.459 e. The molecule has 1 rings (SSSR count). The van der Waals surface area contributed by atoms with E-state index in [1.807, 2.05) is 0 Å². The molecule has 0 saturated carbocycles. The summed E-state index contributed by atoms with van der Waals surface area (Å²) >= 11 is 0. The number of carbonyl (C=O) groups excluding carboxylic acids is 1. The van der Waals surface area contributed by atoms with Crippen molar-refractivity contribution in [1.82, 2.24) is 0 Å². The van der Waals surface area contributed by atoms with Gasteiger partial charge < -0.3 is 4.42 Å². The first-order valence-corrected chi connectivity index (χ1v) is 2.26. The molecule has 1 amide bonds. The quantitative estimate of drug-likeness (QED) is 0.529. The number of nitrogens with zero attached hydrogens (tertiary/aromatic N) is 1. The number of carbonyl (C=O) groups is 1. The Morgan fingerprint density at radius 2 is 2.44 bits per heavy atom. The summed E-state index contributed by atoms with van der Waals surface area (Å²) in [6.07, 6.45) is 1.30. The van der Waals surface area contributed by atoms with Crippen molar-refractivity contribution < 1.29 is 9.21 Å². The maximum atomic E-state index is 10.3. The van der Waals surface area contributed by atoms with E-state index in [1.54, 1.807) is 0 Å². The van der Waals surface area contributed by atoms with E-state index < -0.39 is 5.91 Å². The van der Waals surface area contributed by atoms with E-state index in [1.165, 1.54) is 18.4 Å². The highest BCUT2D eigenvalue weighted by atomic mass is 16.3. The van der Waals surface area contributed by atoms with Crippen molar-refractivity contribution in [3.63, 3.8) is 0 Å². The Hall–Kier alpha value is -1.45. The molecule has 0 fully saturated rings. The first kappa shape index (κ1) is 5.68. The minimum absolute atomic E-state index is 0.0231. The van der Waals surface area contributed by atoms with Crippen molar-refractivity contribution >= 4 is 5.91 Å². The molecule has 1 aromatic rings. The van der Waals surface area contributed by atoms with E-state index in [4.69, 9.17) is 0 Å². The summed E-state index contributed by atoms with van der Waals surface area (Å²) in [5.41, 5.74) is 0. The number of nitroso groups, excluding NO2 is 1. The van der Waals surface area contributed by atoms with Crippen LogP contribution in [0.3, 0.4) is 0 Å². The number of hydrogen-bond donors (Lipinski definition) is 0. The second-order valence-electron chi connectivity index (χ2n) is 1.37. The van der Waals surface area contributed by atoms with Crippen LogP contribution in [-0.2, 0) is 0 Å². The summed E-state index contributed by atoms with van der Waals surface area (Å²) in [7, 11) is 0. The Kier molecular flexibility index (Phi) is 1.40. The topological polar surface area (TPSA) is 59.6 Å². The predicted molar refractivity (Wildman–Crippen MR) is 28.8 cm³/mol. The number of furan rings is 1. The maximum absolute atomic E-state index is 10.3. The van der Waals surface area contributed by atoms with Gasteiger partial charge in [-0.3, -0.25) is 4.79 Å². The van der Waals surface area contributed by atoms with Crippen molar-refractivity contribution in [2.45, 2.75) is 0 Å². The number of hydrogen-bond acceptors (Lipinski definition) is 3. The molecule has 1 heterocycles. The smallest absolute Gasteiger partial charge is 0.351 e. The van der Waals surface area contributed by atoms with Crippen LogP contribution >= 0.6 is 0 Å². The molecule has 9 heavy (non-hydrogen) atoms. The lowest BCUT2D eigenvalue weighted by Crippen LogP contribution is -1.87. The lowest BCUT2D eigenvalue weighted by Gasteiger charge is -1.77. The molecule has 4 nitrogen and oxygen atoms in total. The fourth-order valence-corrected chi connectivity index (χ4v) is 0.445. The van der Waals surface area contributed by atoms with Gasteiger partial charge in [0.1, 0.15) is 0 Å². The van der Waals surface area contributed by atoms with Crippen LogP contribution in [0.1, 0.15) is 10.6 Å². The first-order chi connectivity index (χ1) is 4.34. The second kappa shape index (κ2) is 2.21. The molecular formula is C5H3NO3. The third kappa shape index (κ3) is 1.02. The van der Waals surface area contributed by atoms with Gasteiger partial charge >= 0.3 is 5.91 Å². The molecular weight excluding hydrogens is 122 g/mol. The monoisotopic (exact) mass is 125 g/mol. The summed E-state index contributed by atoms with van der Waals surface area (Å²) in [5, 5.41) is 2.15. The Morgan fingerprint density at radius 3 is 2.89 bits per heavy atom. The minimum atomic E-state index is -0.875. The van der Waals surface area contributed by atoms with Crippen LogP contribution in [0.15, 0.2) is 28.0 Å². The highest BCUT2D eigenvalue weighted by Gasteiger charge is 2.06. The van der Waals surface area contributed by atoms with Crippen LogP contribution in [0.4, 0.5) is 0 Å². The van der Waals surface area contributed by atoms with Gasteiger partial charge in [-0.15, -0.1) is 4.91 Å². The van der Waals surface area contributed by atoms with E-state index in [0.29, 0.717) is 0 Å². The third-order valence-electron chi connectivity index (χ3n) is 0.815. The van der Waals surface area contributed by atoms with Gasteiger partial charge in [-0.2, -0.15) is 0 Å². The Balaban J connectivity index is 2.89. The summed E-state index contributed by atoms with van der Waals surface area (Å²) < 4.78 is 4.54. The van der Waals surface area contributed by atoms with Gasteiger partial charge in [0.15, 0.2) is 5.76 Å². The summed E-state index contributed by atoms with van der Waals surface area (Å²) in [5.74, 6) is -0.898. The van der Waals surface area contributed by atoms with Gasteiger partial charge in [0, 0.05) is 5.18 Å². The zero-order chi connectivity index (χ0) is 6.69. The Bertz CT molecular complexity index is 214. The Morgan fingerprint density at radius 1 is 1.67 bits per heavy atom. The van der Waals surface area contributed by atoms with Crippen LogP contribution in [0.2, 0.25) is 0 Å². The molecule has 0 spiro atoms. The third-order valence-corrected chi connectivity index (χ3v) is 0.815. The predicted octanol–water partition coefficient (Wildman–Crippen LogP) is 1.19. The first-order valence-electron chi connectivity index (χ1n) is 2.26. The molecule has 1 aromatic heterocycles. The second-order valence-corrected chi connectivity index (χ2v) is 1.37. The van der Waals surface area contributed by atoms with Crippen molar-refractivity contribution in [3.05, 3.63) is 29.1 Å². The van der Waals surface area contributed by atoms with Gasteiger partial charge in [0.2, 0.25) is 0 Å². The van der Waals surface area contributed by atoms with Gasteiger partial charge in [-0.25, -0.2) is 0 Å². The van der Waals surface area contributed by atoms with Crippen LogP contribution in [-0.4, -0.2) is 5.91 Å². The molecule has 0 atom stereocenters. The summed E-state index contributed by atoms with van der Waals surface area (Å²) in [6.45, 7) is 0. The average Bonchev–Trinajstić information content (AvgIpc) is 2.37. The number of rotatable bonds is 1. The van der Waals surface area contributed by atoms with Crippen LogP contribution < -0.4 is 0 Å². The lowest BCUT2D eigenvalue weighted by molar-refractivity contribution is 0.0974. The van der Waals surface area contributed by atoms with Crippen LogP contribution in [0.5, 0.6) is 0 Å². The highest BCUT2D eigenvalue weighted by molar-refractivity contribution is 5.91. The fraction of sp³-hybridized carbons (Fsp3) is 0. The minimum Gasteiger partial charge on any atom is -0.459 e. The van der Waals surface area contributed by atoms with Gasteiger partial charge in [-0.05, 0) is 12.1 Å². The van der Waals surface area contributed by atoms with Gasteiger partial charge in [0.25, 0.3) is 0 Å². The molecule has 0 bridgehead atoms. The molecule has 0 aliphatic rings. The van der Waals surface area contributed by atoms with Crippen molar-refractivity contribution in [2.75, 3.05) is 0 Å². The van der Waals surface area contributed by atoms with Crippen molar-refractivity contribution in [2.24, 2.45) is 5.18 Å². The zero-order valence-corrected chi connectivity index (χ0v) is 4.40. The van der Waals surface area contributed by atoms with Crippen molar-refractivity contribution in [3.8, 4) is 0 Å². The van der Waals surface area contributed by atoms with E-state index >= 15 is 0 Å². The normalized spacial score (nSPS) is 8.89. The summed E-state index contributed by atoms with van der Waals surface area (Å²) in [6, 6.07) is 2.89. The zero-order valence-electron chi connectivity index (χ0n) is 4.40. The molecule has 0 aliphatic heterocycles. The van der Waals surface area contributed by atoms with E-state index in [2.05, 4.69) is 9.59 Å². The van der Waals surface area contributed by atoms with Crippen molar-refractivity contribution in [1.29, 1.82) is 0 Å². The molecule has 4 heteroatoms. The SMILES string of the molecule is O=NC(=O)c1ccco1. The summed E-state index contributed by atoms with van der Waals surface area (Å²) in [4.78, 5) is 19.8. The standard InChI is InChI=1S/C5H3NO3/c7-5(6-8)4-2-1-3-9-4/h1-3H. The molecule has 46 valence electrons.